The average molecular weight is 289 g/mol. The first-order valence-corrected chi connectivity index (χ1v) is 6.64. The van der Waals surface area contributed by atoms with Crippen molar-refractivity contribution in [2.45, 2.75) is 20.0 Å². The zero-order valence-electron chi connectivity index (χ0n) is 11.5. The zero-order chi connectivity index (χ0) is 14.8. The van der Waals surface area contributed by atoms with Crippen LogP contribution < -0.4 is 14.8 Å². The SMILES string of the molecule is CCn1ccc(CNc2cc3c(cc2[N+](=O)[O-])OCO3)c1. The molecule has 0 saturated heterocycles. The predicted molar refractivity (Wildman–Crippen MR) is 76.7 cm³/mol. The van der Waals surface area contributed by atoms with E-state index in [4.69, 9.17) is 9.47 Å². The van der Waals surface area contributed by atoms with Crippen molar-refractivity contribution in [1.29, 1.82) is 0 Å². The highest BCUT2D eigenvalue weighted by molar-refractivity contribution is 5.69. The Kier molecular flexibility index (Phi) is 3.39. The maximum absolute atomic E-state index is 11.1. The molecule has 1 aliphatic rings. The fourth-order valence-corrected chi connectivity index (χ4v) is 2.21. The second-order valence-electron chi connectivity index (χ2n) is 4.68. The van der Waals surface area contributed by atoms with Crippen molar-refractivity contribution in [2.75, 3.05) is 12.1 Å². The van der Waals surface area contributed by atoms with E-state index >= 15 is 0 Å². The van der Waals surface area contributed by atoms with Crippen molar-refractivity contribution in [1.82, 2.24) is 4.57 Å². The summed E-state index contributed by atoms with van der Waals surface area (Å²) in [6.07, 6.45) is 3.98. The van der Waals surface area contributed by atoms with Gasteiger partial charge in [-0.3, -0.25) is 10.1 Å². The van der Waals surface area contributed by atoms with Crippen LogP contribution in [0, 0.1) is 10.1 Å². The molecule has 0 fully saturated rings. The number of nitro groups is 1. The highest BCUT2D eigenvalue weighted by Gasteiger charge is 2.23. The Balaban J connectivity index is 1.82. The van der Waals surface area contributed by atoms with Gasteiger partial charge in [0.1, 0.15) is 5.69 Å². The summed E-state index contributed by atoms with van der Waals surface area (Å²) in [4.78, 5) is 10.7. The fourth-order valence-electron chi connectivity index (χ4n) is 2.21. The summed E-state index contributed by atoms with van der Waals surface area (Å²) in [6, 6.07) is 4.98. The molecular formula is C14H15N3O4. The van der Waals surface area contributed by atoms with Gasteiger partial charge in [-0.15, -0.1) is 0 Å². The minimum Gasteiger partial charge on any atom is -0.454 e. The third-order valence-electron chi connectivity index (χ3n) is 3.35. The van der Waals surface area contributed by atoms with Gasteiger partial charge >= 0.3 is 0 Å². The minimum absolute atomic E-state index is 0.0193. The monoisotopic (exact) mass is 289 g/mol. The number of hydrogen-bond acceptors (Lipinski definition) is 5. The number of anilines is 1. The molecular weight excluding hydrogens is 274 g/mol. The molecule has 0 atom stereocenters. The van der Waals surface area contributed by atoms with Gasteiger partial charge < -0.3 is 19.4 Å². The highest BCUT2D eigenvalue weighted by atomic mass is 16.7. The van der Waals surface area contributed by atoms with Gasteiger partial charge in [-0.2, -0.15) is 0 Å². The number of rotatable bonds is 5. The molecule has 1 N–H and O–H groups in total. The smallest absolute Gasteiger partial charge is 0.296 e. The topological polar surface area (TPSA) is 78.6 Å². The summed E-state index contributed by atoms with van der Waals surface area (Å²) >= 11 is 0. The summed E-state index contributed by atoms with van der Waals surface area (Å²) in [5.41, 5.74) is 1.46. The van der Waals surface area contributed by atoms with E-state index in [2.05, 4.69) is 12.2 Å². The quantitative estimate of drug-likeness (QED) is 0.676. The van der Waals surface area contributed by atoms with Crippen molar-refractivity contribution in [3.05, 3.63) is 46.3 Å². The summed E-state index contributed by atoms with van der Waals surface area (Å²) in [5.74, 6) is 0.929. The maximum Gasteiger partial charge on any atom is 0.296 e. The van der Waals surface area contributed by atoms with E-state index in [9.17, 15) is 10.1 Å². The van der Waals surface area contributed by atoms with E-state index in [1.54, 1.807) is 6.07 Å². The molecule has 0 aliphatic carbocycles. The van der Waals surface area contributed by atoms with Gasteiger partial charge in [-0.05, 0) is 18.6 Å². The van der Waals surface area contributed by atoms with E-state index in [0.29, 0.717) is 23.7 Å². The first-order valence-electron chi connectivity index (χ1n) is 6.64. The van der Waals surface area contributed by atoms with Gasteiger partial charge in [-0.25, -0.2) is 0 Å². The second kappa shape index (κ2) is 5.35. The van der Waals surface area contributed by atoms with Gasteiger partial charge in [0.2, 0.25) is 6.79 Å². The zero-order valence-corrected chi connectivity index (χ0v) is 11.5. The number of nitro benzene ring substituents is 1. The first kappa shape index (κ1) is 13.3. The van der Waals surface area contributed by atoms with Gasteiger partial charge in [0.25, 0.3) is 5.69 Å². The van der Waals surface area contributed by atoms with Crippen LogP contribution >= 0.6 is 0 Å². The lowest BCUT2D eigenvalue weighted by molar-refractivity contribution is -0.384. The van der Waals surface area contributed by atoms with E-state index in [1.807, 2.05) is 23.0 Å². The Morgan fingerprint density at radius 2 is 2.14 bits per heavy atom. The van der Waals surface area contributed by atoms with Gasteiger partial charge in [0, 0.05) is 31.5 Å². The van der Waals surface area contributed by atoms with Crippen LogP contribution in [-0.2, 0) is 13.1 Å². The largest absolute Gasteiger partial charge is 0.454 e. The Hall–Kier alpha value is -2.70. The normalized spacial score (nSPS) is 12.4. The third-order valence-corrected chi connectivity index (χ3v) is 3.35. The van der Waals surface area contributed by atoms with Crippen LogP contribution in [0.2, 0.25) is 0 Å². The van der Waals surface area contributed by atoms with Crippen molar-refractivity contribution in [3.8, 4) is 11.5 Å². The lowest BCUT2D eigenvalue weighted by atomic mass is 10.2. The van der Waals surface area contributed by atoms with Crippen LogP contribution in [0.25, 0.3) is 0 Å². The highest BCUT2D eigenvalue weighted by Crippen LogP contribution is 2.40. The van der Waals surface area contributed by atoms with E-state index in [1.165, 1.54) is 6.07 Å². The minimum atomic E-state index is -0.429. The standard InChI is InChI=1S/C14H15N3O4/c1-2-16-4-3-10(8-16)7-15-11-5-13-14(21-9-20-13)6-12(11)17(18)19/h3-6,8,15H,2,7,9H2,1H3. The summed E-state index contributed by atoms with van der Waals surface area (Å²) in [6.45, 7) is 3.55. The molecule has 7 heteroatoms. The van der Waals surface area contributed by atoms with Crippen molar-refractivity contribution in [3.63, 3.8) is 0 Å². The molecule has 2 heterocycles. The summed E-state index contributed by atoms with van der Waals surface area (Å²) in [5, 5.41) is 14.2. The number of aromatic nitrogens is 1. The fraction of sp³-hybridized carbons (Fsp3) is 0.286. The molecule has 0 spiro atoms. The molecule has 3 rings (SSSR count). The Bertz CT molecular complexity index is 681. The van der Waals surface area contributed by atoms with Crippen molar-refractivity contribution < 1.29 is 14.4 Å². The lowest BCUT2D eigenvalue weighted by Crippen LogP contribution is -2.02. The average Bonchev–Trinajstić information content (AvgIpc) is 3.12. The molecule has 0 amide bonds. The lowest BCUT2D eigenvalue weighted by Gasteiger charge is -2.07. The summed E-state index contributed by atoms with van der Waals surface area (Å²) in [7, 11) is 0. The van der Waals surface area contributed by atoms with E-state index in [-0.39, 0.29) is 12.5 Å². The maximum atomic E-state index is 11.1. The van der Waals surface area contributed by atoms with Gasteiger partial charge in [0.05, 0.1) is 11.0 Å². The molecule has 21 heavy (non-hydrogen) atoms. The molecule has 1 aromatic heterocycles. The molecule has 2 aromatic rings. The van der Waals surface area contributed by atoms with Gasteiger partial charge in [0.15, 0.2) is 11.5 Å². The van der Waals surface area contributed by atoms with Gasteiger partial charge in [-0.1, -0.05) is 0 Å². The number of ether oxygens (including phenoxy) is 2. The van der Waals surface area contributed by atoms with Crippen LogP contribution in [0.4, 0.5) is 11.4 Å². The summed E-state index contributed by atoms with van der Waals surface area (Å²) < 4.78 is 12.5. The van der Waals surface area contributed by atoms with E-state index in [0.717, 1.165) is 12.1 Å². The van der Waals surface area contributed by atoms with E-state index < -0.39 is 4.92 Å². The number of aryl methyl sites for hydroxylation is 1. The van der Waals surface area contributed by atoms with Crippen LogP contribution in [0.1, 0.15) is 12.5 Å². The molecule has 7 nitrogen and oxygen atoms in total. The molecule has 1 aromatic carbocycles. The van der Waals surface area contributed by atoms with Crippen molar-refractivity contribution in [2.24, 2.45) is 0 Å². The van der Waals surface area contributed by atoms with Crippen LogP contribution in [0.5, 0.6) is 11.5 Å². The number of nitrogens with one attached hydrogen (secondary N) is 1. The Morgan fingerprint density at radius 1 is 1.38 bits per heavy atom. The van der Waals surface area contributed by atoms with Crippen LogP contribution in [0.3, 0.4) is 0 Å². The number of hydrogen-bond donors (Lipinski definition) is 1. The second-order valence-corrected chi connectivity index (χ2v) is 4.68. The predicted octanol–water partition coefficient (Wildman–Crippen LogP) is 2.76. The molecule has 1 aliphatic heterocycles. The van der Waals surface area contributed by atoms with Crippen LogP contribution in [0.15, 0.2) is 30.6 Å². The molecule has 0 unspecified atom stereocenters. The molecule has 0 radical (unpaired) electrons. The Morgan fingerprint density at radius 3 is 2.81 bits per heavy atom. The number of benzene rings is 1. The Labute approximate surface area is 121 Å². The first-order chi connectivity index (χ1) is 10.2. The number of fused-ring (bicyclic) bond motifs is 1. The van der Waals surface area contributed by atoms with Crippen molar-refractivity contribution >= 4 is 11.4 Å². The van der Waals surface area contributed by atoms with Crippen LogP contribution in [-0.4, -0.2) is 16.3 Å². The number of nitrogens with zero attached hydrogens (tertiary/aromatic N) is 2. The molecule has 0 bridgehead atoms. The third kappa shape index (κ3) is 2.62. The molecule has 0 saturated carbocycles. The molecule has 110 valence electrons.